The van der Waals surface area contributed by atoms with Crippen molar-refractivity contribution >= 4 is 18.0 Å². The maximum absolute atomic E-state index is 10.5. The Morgan fingerprint density at radius 1 is 1.43 bits per heavy atom. The minimum Gasteiger partial charge on any atom is -0.375 e. The van der Waals surface area contributed by atoms with Gasteiger partial charge >= 0.3 is 0 Å². The number of hydrogen-bond donors (Lipinski definition) is 0. The summed E-state index contributed by atoms with van der Waals surface area (Å²) in [5.74, 6) is 3.05. The molecule has 0 aromatic heterocycles. The molecule has 2 aliphatic rings. The Balaban J connectivity index is 1.94. The topological polar surface area (TPSA) is 26.3 Å². The van der Waals surface area contributed by atoms with Gasteiger partial charge in [-0.15, -0.1) is 0 Å². The lowest BCUT2D eigenvalue weighted by Crippen LogP contribution is -2.42. The SMILES string of the molecule is O=CCC1CCOC2(CCSCC2)C1. The second-order valence-electron chi connectivity index (χ2n) is 4.41. The Hall–Kier alpha value is -0.0200. The number of aldehydes is 1. The lowest BCUT2D eigenvalue weighted by Gasteiger charge is -2.43. The number of ether oxygens (including phenoxy) is 1. The van der Waals surface area contributed by atoms with E-state index in [4.69, 9.17) is 4.74 Å². The Bertz CT molecular complexity index is 194. The highest BCUT2D eigenvalue weighted by Crippen LogP contribution is 2.40. The standard InChI is InChI=1S/C11H18O2S/c12-5-1-10-2-6-13-11(9-10)3-7-14-8-4-11/h5,10H,1-4,6-9H2. The molecule has 1 spiro atoms. The molecule has 14 heavy (non-hydrogen) atoms. The summed E-state index contributed by atoms with van der Waals surface area (Å²) in [5, 5.41) is 0. The highest BCUT2D eigenvalue weighted by Gasteiger charge is 2.38. The van der Waals surface area contributed by atoms with Crippen LogP contribution in [0.1, 0.15) is 32.1 Å². The fourth-order valence-corrected chi connectivity index (χ4v) is 3.80. The maximum atomic E-state index is 10.5. The second kappa shape index (κ2) is 4.67. The molecule has 0 bridgehead atoms. The van der Waals surface area contributed by atoms with Crippen LogP contribution in [0.3, 0.4) is 0 Å². The highest BCUT2D eigenvalue weighted by atomic mass is 32.2. The first-order chi connectivity index (χ1) is 6.85. The first-order valence-corrected chi connectivity index (χ1v) is 6.65. The Morgan fingerprint density at radius 2 is 2.21 bits per heavy atom. The third-order valence-corrected chi connectivity index (χ3v) is 4.41. The van der Waals surface area contributed by atoms with Crippen LogP contribution in [0.4, 0.5) is 0 Å². The van der Waals surface area contributed by atoms with Gasteiger partial charge in [0.15, 0.2) is 0 Å². The third-order valence-electron chi connectivity index (χ3n) is 3.43. The molecule has 2 aliphatic heterocycles. The zero-order valence-electron chi connectivity index (χ0n) is 8.54. The quantitative estimate of drug-likeness (QED) is 0.660. The molecule has 2 fully saturated rings. The first kappa shape index (κ1) is 10.5. The average Bonchev–Trinajstić information content (AvgIpc) is 2.19. The minimum absolute atomic E-state index is 0.150. The summed E-state index contributed by atoms with van der Waals surface area (Å²) in [7, 11) is 0. The minimum atomic E-state index is 0.150. The van der Waals surface area contributed by atoms with E-state index in [0.717, 1.165) is 32.2 Å². The van der Waals surface area contributed by atoms with Gasteiger partial charge in [-0.05, 0) is 43.1 Å². The molecule has 2 rings (SSSR count). The monoisotopic (exact) mass is 214 g/mol. The van der Waals surface area contributed by atoms with E-state index in [1.165, 1.54) is 24.3 Å². The molecule has 80 valence electrons. The molecule has 2 nitrogen and oxygen atoms in total. The van der Waals surface area contributed by atoms with Crippen molar-refractivity contribution in [2.24, 2.45) is 5.92 Å². The van der Waals surface area contributed by atoms with Crippen LogP contribution < -0.4 is 0 Å². The van der Waals surface area contributed by atoms with Crippen molar-refractivity contribution in [2.45, 2.75) is 37.7 Å². The average molecular weight is 214 g/mol. The summed E-state index contributed by atoms with van der Waals surface area (Å²) in [6.45, 7) is 0.864. The van der Waals surface area contributed by atoms with Crippen LogP contribution in [-0.4, -0.2) is 30.0 Å². The van der Waals surface area contributed by atoms with Gasteiger partial charge in [-0.3, -0.25) is 0 Å². The predicted molar refractivity (Wildman–Crippen MR) is 58.6 cm³/mol. The molecule has 0 amide bonds. The third kappa shape index (κ3) is 2.31. The van der Waals surface area contributed by atoms with Crippen LogP contribution >= 0.6 is 11.8 Å². The summed E-state index contributed by atoms with van der Waals surface area (Å²) >= 11 is 2.03. The summed E-state index contributed by atoms with van der Waals surface area (Å²) in [6, 6.07) is 0. The number of carbonyl (C=O) groups is 1. The molecular formula is C11H18O2S. The van der Waals surface area contributed by atoms with E-state index >= 15 is 0 Å². The molecule has 2 heterocycles. The lowest BCUT2D eigenvalue weighted by molar-refractivity contribution is -0.116. The number of thioether (sulfide) groups is 1. The molecule has 0 aromatic rings. The summed E-state index contributed by atoms with van der Waals surface area (Å²) in [6.07, 6.45) is 6.37. The molecule has 0 N–H and O–H groups in total. The zero-order chi connectivity index (χ0) is 9.86. The molecule has 2 saturated heterocycles. The zero-order valence-corrected chi connectivity index (χ0v) is 9.35. The van der Waals surface area contributed by atoms with Gasteiger partial charge in [0.25, 0.3) is 0 Å². The number of hydrogen-bond acceptors (Lipinski definition) is 3. The van der Waals surface area contributed by atoms with Gasteiger partial charge in [-0.1, -0.05) is 0 Å². The fourth-order valence-electron chi connectivity index (χ4n) is 2.56. The van der Waals surface area contributed by atoms with Crippen molar-refractivity contribution in [3.05, 3.63) is 0 Å². The molecule has 0 aliphatic carbocycles. The molecule has 0 saturated carbocycles. The smallest absolute Gasteiger partial charge is 0.120 e. The van der Waals surface area contributed by atoms with Crippen molar-refractivity contribution in [3.63, 3.8) is 0 Å². The summed E-state index contributed by atoms with van der Waals surface area (Å²) in [4.78, 5) is 10.5. The predicted octanol–water partition coefficient (Wildman–Crippen LogP) is 2.27. The number of carbonyl (C=O) groups excluding carboxylic acids is 1. The van der Waals surface area contributed by atoms with Gasteiger partial charge in [0, 0.05) is 13.0 Å². The maximum Gasteiger partial charge on any atom is 0.120 e. The molecule has 1 atom stereocenters. The lowest BCUT2D eigenvalue weighted by atomic mass is 9.81. The molecule has 0 radical (unpaired) electrons. The largest absolute Gasteiger partial charge is 0.375 e. The van der Waals surface area contributed by atoms with Crippen LogP contribution in [-0.2, 0) is 9.53 Å². The highest BCUT2D eigenvalue weighted by molar-refractivity contribution is 7.99. The van der Waals surface area contributed by atoms with E-state index in [-0.39, 0.29) is 5.60 Å². The summed E-state index contributed by atoms with van der Waals surface area (Å²) < 4.78 is 5.95. The van der Waals surface area contributed by atoms with Crippen molar-refractivity contribution in [2.75, 3.05) is 18.1 Å². The van der Waals surface area contributed by atoms with Gasteiger partial charge in [-0.2, -0.15) is 11.8 Å². The van der Waals surface area contributed by atoms with E-state index in [9.17, 15) is 4.79 Å². The molecular weight excluding hydrogens is 196 g/mol. The van der Waals surface area contributed by atoms with E-state index in [1.807, 2.05) is 11.8 Å². The van der Waals surface area contributed by atoms with Crippen LogP contribution in [0.2, 0.25) is 0 Å². The molecule has 3 heteroatoms. The van der Waals surface area contributed by atoms with E-state index in [2.05, 4.69) is 0 Å². The van der Waals surface area contributed by atoms with Crippen LogP contribution in [0.15, 0.2) is 0 Å². The van der Waals surface area contributed by atoms with Gasteiger partial charge < -0.3 is 9.53 Å². The molecule has 0 aromatic carbocycles. The number of rotatable bonds is 2. The van der Waals surface area contributed by atoms with Gasteiger partial charge in [0.05, 0.1) is 5.60 Å². The van der Waals surface area contributed by atoms with Gasteiger partial charge in [-0.25, -0.2) is 0 Å². The second-order valence-corrected chi connectivity index (χ2v) is 5.63. The van der Waals surface area contributed by atoms with Crippen LogP contribution in [0, 0.1) is 5.92 Å². The van der Waals surface area contributed by atoms with Gasteiger partial charge in [0.1, 0.15) is 6.29 Å². The van der Waals surface area contributed by atoms with Crippen molar-refractivity contribution < 1.29 is 9.53 Å². The van der Waals surface area contributed by atoms with Gasteiger partial charge in [0.2, 0.25) is 0 Å². The van der Waals surface area contributed by atoms with E-state index in [0.29, 0.717) is 5.92 Å². The fraction of sp³-hybridized carbons (Fsp3) is 0.909. The summed E-state index contributed by atoms with van der Waals surface area (Å²) in [5.41, 5.74) is 0.150. The molecule has 1 unspecified atom stereocenters. The normalized spacial score (nSPS) is 31.6. The van der Waals surface area contributed by atoms with Crippen LogP contribution in [0.25, 0.3) is 0 Å². The van der Waals surface area contributed by atoms with Crippen LogP contribution in [0.5, 0.6) is 0 Å². The Morgan fingerprint density at radius 3 is 2.93 bits per heavy atom. The Labute approximate surface area is 89.8 Å². The van der Waals surface area contributed by atoms with E-state index < -0.39 is 0 Å². The van der Waals surface area contributed by atoms with Crippen molar-refractivity contribution in [3.8, 4) is 0 Å². The Kier molecular flexibility index (Phi) is 3.50. The van der Waals surface area contributed by atoms with E-state index in [1.54, 1.807) is 0 Å². The first-order valence-electron chi connectivity index (χ1n) is 5.50. The van der Waals surface area contributed by atoms with Crippen molar-refractivity contribution in [1.82, 2.24) is 0 Å². The van der Waals surface area contributed by atoms with Crippen molar-refractivity contribution in [1.29, 1.82) is 0 Å².